The zero-order chi connectivity index (χ0) is 32.8. The summed E-state index contributed by atoms with van der Waals surface area (Å²) in [6.45, 7) is 7.90. The summed E-state index contributed by atoms with van der Waals surface area (Å²) in [6, 6.07) is 7.60. The van der Waals surface area contributed by atoms with Crippen molar-refractivity contribution in [1.82, 2.24) is 4.90 Å². The lowest BCUT2D eigenvalue weighted by Crippen LogP contribution is -2.54. The van der Waals surface area contributed by atoms with Crippen LogP contribution in [0.3, 0.4) is 0 Å². The third kappa shape index (κ3) is 16.6. The second-order valence-corrected chi connectivity index (χ2v) is 12.8. The van der Waals surface area contributed by atoms with Crippen LogP contribution < -0.4 is 0 Å². The number of thioether (sulfide) groups is 1. The number of Topliss-reactive ketones (excluding diaryl/α,β-unsaturated/α-hetero) is 1. The van der Waals surface area contributed by atoms with Gasteiger partial charge in [0.25, 0.3) is 0 Å². The minimum Gasteiger partial charge on any atom is -0.466 e. The van der Waals surface area contributed by atoms with Crippen LogP contribution in [-0.4, -0.2) is 97.7 Å². The highest BCUT2D eigenvalue weighted by Gasteiger charge is 2.35. The van der Waals surface area contributed by atoms with Crippen LogP contribution in [0.25, 0.3) is 0 Å². The number of rotatable bonds is 24. The molecule has 0 atom stereocenters. The molecule has 0 aromatic heterocycles. The van der Waals surface area contributed by atoms with Crippen molar-refractivity contribution < 1.29 is 43.2 Å². The molecule has 11 heteroatoms. The van der Waals surface area contributed by atoms with E-state index >= 15 is 0 Å². The second-order valence-electron chi connectivity index (χ2n) is 11.7. The molecule has 0 amide bonds. The smallest absolute Gasteiger partial charge is 0.305 e. The predicted octanol–water partition coefficient (Wildman–Crippen LogP) is 5.38. The molecular formula is C34H53NO9S. The molecule has 1 N–H and O–H groups in total. The third-order valence-corrected chi connectivity index (χ3v) is 8.68. The van der Waals surface area contributed by atoms with Gasteiger partial charge < -0.3 is 24.1 Å². The number of aliphatic hydroxyl groups is 1. The molecule has 1 fully saturated rings. The van der Waals surface area contributed by atoms with Crippen LogP contribution in [0.4, 0.5) is 0 Å². The molecule has 0 spiro atoms. The van der Waals surface area contributed by atoms with Gasteiger partial charge in [0.2, 0.25) is 0 Å². The Hall–Kier alpha value is -2.47. The predicted molar refractivity (Wildman–Crippen MR) is 173 cm³/mol. The van der Waals surface area contributed by atoms with Gasteiger partial charge in [0, 0.05) is 55.2 Å². The number of benzene rings is 1. The maximum absolute atomic E-state index is 13.1. The van der Waals surface area contributed by atoms with Crippen LogP contribution in [0.15, 0.2) is 29.2 Å². The van der Waals surface area contributed by atoms with E-state index in [2.05, 4.69) is 4.90 Å². The summed E-state index contributed by atoms with van der Waals surface area (Å²) in [7, 11) is 0. The van der Waals surface area contributed by atoms with Gasteiger partial charge in [0.05, 0.1) is 32.0 Å². The molecule has 0 aliphatic carbocycles. The van der Waals surface area contributed by atoms with Gasteiger partial charge in [-0.3, -0.25) is 24.1 Å². The van der Waals surface area contributed by atoms with E-state index in [1.807, 2.05) is 38.1 Å². The van der Waals surface area contributed by atoms with Gasteiger partial charge >= 0.3 is 17.9 Å². The molecule has 1 aromatic rings. The number of carbonyl (C=O) groups excluding carboxylic acids is 4. The van der Waals surface area contributed by atoms with Gasteiger partial charge in [-0.2, -0.15) is 0 Å². The molecular weight excluding hydrogens is 598 g/mol. The average molecular weight is 652 g/mol. The van der Waals surface area contributed by atoms with E-state index in [1.165, 1.54) is 0 Å². The van der Waals surface area contributed by atoms with Gasteiger partial charge in [-0.25, -0.2) is 0 Å². The number of hydrogen-bond donors (Lipinski definition) is 1. The van der Waals surface area contributed by atoms with Crippen molar-refractivity contribution in [3.05, 3.63) is 29.8 Å². The molecule has 0 unspecified atom stereocenters. The van der Waals surface area contributed by atoms with Gasteiger partial charge in [0.15, 0.2) is 5.78 Å². The van der Waals surface area contributed by atoms with Crippen LogP contribution in [0.1, 0.15) is 101 Å². The molecule has 1 saturated heterocycles. The molecule has 1 aromatic carbocycles. The molecule has 254 valence electrons. The summed E-state index contributed by atoms with van der Waals surface area (Å²) in [5, 5.41) is 8.73. The maximum Gasteiger partial charge on any atom is 0.305 e. The molecule has 2 rings (SSSR count). The van der Waals surface area contributed by atoms with Crippen molar-refractivity contribution in [2.24, 2.45) is 0 Å². The van der Waals surface area contributed by atoms with Crippen molar-refractivity contribution in [2.45, 2.75) is 101 Å². The Balaban J connectivity index is 1.43. The number of morpholine rings is 1. The summed E-state index contributed by atoms with van der Waals surface area (Å²) in [5.41, 5.74) is 0.104. The van der Waals surface area contributed by atoms with E-state index in [0.29, 0.717) is 95.7 Å². The maximum atomic E-state index is 13.1. The zero-order valence-corrected chi connectivity index (χ0v) is 28.0. The zero-order valence-electron chi connectivity index (χ0n) is 27.2. The highest BCUT2D eigenvalue weighted by molar-refractivity contribution is 7.99. The summed E-state index contributed by atoms with van der Waals surface area (Å²) < 4.78 is 21.2. The van der Waals surface area contributed by atoms with E-state index in [0.717, 1.165) is 43.7 Å². The number of nitrogens with zero attached hydrogens (tertiary/aromatic N) is 1. The van der Waals surface area contributed by atoms with E-state index in [9.17, 15) is 19.2 Å². The minimum absolute atomic E-state index is 0.0965. The first kappa shape index (κ1) is 38.7. The van der Waals surface area contributed by atoms with Crippen molar-refractivity contribution >= 4 is 35.5 Å². The largest absolute Gasteiger partial charge is 0.466 e. The summed E-state index contributed by atoms with van der Waals surface area (Å²) >= 11 is 1.58. The van der Waals surface area contributed by atoms with E-state index < -0.39 is 5.54 Å². The lowest BCUT2D eigenvalue weighted by atomic mass is 9.91. The van der Waals surface area contributed by atoms with Crippen molar-refractivity contribution in [2.75, 3.05) is 58.5 Å². The average Bonchev–Trinajstić information content (AvgIpc) is 3.05. The van der Waals surface area contributed by atoms with Crippen molar-refractivity contribution in [3.63, 3.8) is 0 Å². The fourth-order valence-electron chi connectivity index (χ4n) is 4.88. The number of hydrogen-bond acceptors (Lipinski definition) is 11. The van der Waals surface area contributed by atoms with Crippen LogP contribution >= 0.6 is 11.8 Å². The Kier molecular flexibility index (Phi) is 19.7. The van der Waals surface area contributed by atoms with Crippen LogP contribution in [-0.2, 0) is 33.3 Å². The first-order chi connectivity index (χ1) is 21.7. The van der Waals surface area contributed by atoms with Crippen LogP contribution in [0, 0.1) is 0 Å². The first-order valence-corrected chi connectivity index (χ1v) is 17.4. The molecule has 0 saturated carbocycles. The number of ether oxygens (including phenoxy) is 4. The van der Waals surface area contributed by atoms with E-state index in [1.54, 1.807) is 11.8 Å². The second kappa shape index (κ2) is 22.9. The summed E-state index contributed by atoms with van der Waals surface area (Å²) in [6.07, 6.45) is 7.66. The monoisotopic (exact) mass is 651 g/mol. The van der Waals surface area contributed by atoms with E-state index in [-0.39, 0.29) is 30.3 Å². The van der Waals surface area contributed by atoms with E-state index in [4.69, 9.17) is 24.1 Å². The van der Waals surface area contributed by atoms with Crippen molar-refractivity contribution in [1.29, 1.82) is 0 Å². The van der Waals surface area contributed by atoms with Gasteiger partial charge in [-0.1, -0.05) is 18.6 Å². The molecule has 0 bridgehead atoms. The minimum atomic E-state index is -0.583. The lowest BCUT2D eigenvalue weighted by molar-refractivity contribution is -0.145. The Morgan fingerprint density at radius 1 is 0.733 bits per heavy atom. The quantitative estimate of drug-likeness (QED) is 0.0509. The lowest BCUT2D eigenvalue weighted by Gasteiger charge is -2.39. The van der Waals surface area contributed by atoms with Crippen molar-refractivity contribution in [3.8, 4) is 0 Å². The Bertz CT molecular complexity index is 1010. The Labute approximate surface area is 272 Å². The van der Waals surface area contributed by atoms with Gasteiger partial charge in [-0.05, 0) is 77.3 Å². The van der Waals surface area contributed by atoms with Crippen LogP contribution in [0.5, 0.6) is 0 Å². The number of ketones is 1. The SMILES string of the molecule is CC(C)(C(=O)c1ccc(SCCOC(=O)CCCCCOC(=O)CCCCCOC(=O)CCCCCO)cc1)N1CCOCC1. The number of unbranched alkanes of at least 4 members (excludes halogenated alkanes) is 6. The molecule has 1 aliphatic rings. The fourth-order valence-corrected chi connectivity index (χ4v) is 5.61. The molecule has 0 radical (unpaired) electrons. The summed E-state index contributed by atoms with van der Waals surface area (Å²) in [5.74, 6) is 0.0547. The third-order valence-electron chi connectivity index (χ3n) is 7.70. The highest BCUT2D eigenvalue weighted by Crippen LogP contribution is 2.24. The molecule has 1 heterocycles. The molecule has 1 aliphatic heterocycles. The van der Waals surface area contributed by atoms with Gasteiger partial charge in [-0.15, -0.1) is 11.8 Å². The Morgan fingerprint density at radius 2 is 1.22 bits per heavy atom. The number of carbonyl (C=O) groups is 4. The molecule has 10 nitrogen and oxygen atoms in total. The standard InChI is InChI=1S/C34H53NO9S/c1-34(2,35-19-24-41-25-20-35)33(40)28-15-17-29(18-16-28)45-27-26-44-32(39)14-8-5-11-23-43-31(38)13-7-4-10-22-42-30(37)12-6-3-9-21-36/h15-18,36H,3-14,19-27H2,1-2H3. The topological polar surface area (TPSA) is 129 Å². The first-order valence-electron chi connectivity index (χ1n) is 16.4. The fraction of sp³-hybridized carbons (Fsp3) is 0.706. The highest BCUT2D eigenvalue weighted by atomic mass is 32.2. The molecule has 45 heavy (non-hydrogen) atoms. The summed E-state index contributed by atoms with van der Waals surface area (Å²) in [4.78, 5) is 51.8. The normalized spacial score (nSPS) is 13.8. The number of esters is 3. The Morgan fingerprint density at radius 3 is 1.73 bits per heavy atom. The van der Waals surface area contributed by atoms with Crippen LogP contribution in [0.2, 0.25) is 0 Å². The van der Waals surface area contributed by atoms with Gasteiger partial charge in [0.1, 0.15) is 6.61 Å². The number of aliphatic hydroxyl groups excluding tert-OH is 1.